The molecule has 23 heavy (non-hydrogen) atoms. The van der Waals surface area contributed by atoms with E-state index in [-0.39, 0.29) is 24.4 Å². The van der Waals surface area contributed by atoms with Crippen LogP contribution in [-0.2, 0) is 14.3 Å². The number of carbonyl (C=O) groups is 2. The molecule has 6 heteroatoms. The van der Waals surface area contributed by atoms with E-state index in [0.717, 1.165) is 24.5 Å². The van der Waals surface area contributed by atoms with Crippen molar-refractivity contribution in [1.82, 2.24) is 5.32 Å². The van der Waals surface area contributed by atoms with Gasteiger partial charge in [-0.15, -0.1) is 0 Å². The SMILES string of the molecule is CC(=O)N(CC(=O)NC(C)C)c1ccccc1N1CCOCC1. The molecule has 0 aliphatic carbocycles. The first-order chi connectivity index (χ1) is 11.0. The van der Waals surface area contributed by atoms with Gasteiger partial charge in [0.25, 0.3) is 0 Å². The third-order valence-corrected chi connectivity index (χ3v) is 3.66. The number of anilines is 2. The molecule has 0 saturated carbocycles. The van der Waals surface area contributed by atoms with Gasteiger partial charge in [0, 0.05) is 26.1 Å². The fourth-order valence-electron chi connectivity index (χ4n) is 2.64. The number of hydrogen-bond acceptors (Lipinski definition) is 4. The highest BCUT2D eigenvalue weighted by Crippen LogP contribution is 2.30. The highest BCUT2D eigenvalue weighted by molar-refractivity contribution is 6.00. The minimum atomic E-state index is -0.160. The summed E-state index contributed by atoms with van der Waals surface area (Å²) in [7, 11) is 0. The van der Waals surface area contributed by atoms with Gasteiger partial charge in [-0.3, -0.25) is 9.59 Å². The fraction of sp³-hybridized carbons (Fsp3) is 0.529. The van der Waals surface area contributed by atoms with E-state index in [0.29, 0.717) is 13.2 Å². The maximum atomic E-state index is 12.1. The van der Waals surface area contributed by atoms with Crippen molar-refractivity contribution in [3.05, 3.63) is 24.3 Å². The molecule has 1 aliphatic rings. The Morgan fingerprint density at radius 2 is 1.91 bits per heavy atom. The summed E-state index contributed by atoms with van der Waals surface area (Å²) in [5.74, 6) is -0.309. The van der Waals surface area contributed by atoms with E-state index in [4.69, 9.17) is 4.74 Å². The number of hydrogen-bond donors (Lipinski definition) is 1. The second-order valence-corrected chi connectivity index (χ2v) is 5.92. The van der Waals surface area contributed by atoms with Crippen LogP contribution in [-0.4, -0.2) is 50.7 Å². The lowest BCUT2D eigenvalue weighted by atomic mass is 10.2. The Labute approximate surface area is 137 Å². The van der Waals surface area contributed by atoms with E-state index >= 15 is 0 Å². The van der Waals surface area contributed by atoms with Gasteiger partial charge in [0.1, 0.15) is 6.54 Å². The van der Waals surface area contributed by atoms with Gasteiger partial charge in [-0.05, 0) is 26.0 Å². The molecule has 0 unspecified atom stereocenters. The van der Waals surface area contributed by atoms with E-state index in [2.05, 4.69) is 10.2 Å². The Hall–Kier alpha value is -2.08. The monoisotopic (exact) mass is 319 g/mol. The van der Waals surface area contributed by atoms with Crippen LogP contribution in [0.1, 0.15) is 20.8 Å². The van der Waals surface area contributed by atoms with Gasteiger partial charge in [-0.1, -0.05) is 12.1 Å². The summed E-state index contributed by atoms with van der Waals surface area (Å²) in [6.07, 6.45) is 0. The van der Waals surface area contributed by atoms with Crippen molar-refractivity contribution in [2.24, 2.45) is 0 Å². The number of para-hydroxylation sites is 2. The van der Waals surface area contributed by atoms with E-state index in [1.807, 2.05) is 38.1 Å². The quantitative estimate of drug-likeness (QED) is 0.891. The number of morpholine rings is 1. The van der Waals surface area contributed by atoms with Crippen LogP contribution in [0.4, 0.5) is 11.4 Å². The molecule has 0 bridgehead atoms. The summed E-state index contributed by atoms with van der Waals surface area (Å²) in [5.41, 5.74) is 1.73. The van der Waals surface area contributed by atoms with Crippen LogP contribution in [0.15, 0.2) is 24.3 Å². The molecule has 0 aromatic heterocycles. The van der Waals surface area contributed by atoms with E-state index < -0.39 is 0 Å². The predicted octanol–water partition coefficient (Wildman–Crippen LogP) is 1.40. The molecule has 1 aromatic rings. The van der Waals surface area contributed by atoms with Gasteiger partial charge in [-0.25, -0.2) is 0 Å². The molecule has 1 fully saturated rings. The van der Waals surface area contributed by atoms with Gasteiger partial charge < -0.3 is 19.9 Å². The first kappa shape index (κ1) is 17.3. The summed E-state index contributed by atoms with van der Waals surface area (Å²) >= 11 is 0. The molecule has 1 heterocycles. The molecule has 1 N–H and O–H groups in total. The zero-order valence-corrected chi connectivity index (χ0v) is 14.0. The Morgan fingerprint density at radius 3 is 2.52 bits per heavy atom. The first-order valence-electron chi connectivity index (χ1n) is 7.98. The number of rotatable bonds is 5. The van der Waals surface area contributed by atoms with Crippen LogP contribution < -0.4 is 15.1 Å². The second-order valence-electron chi connectivity index (χ2n) is 5.92. The van der Waals surface area contributed by atoms with Crippen molar-refractivity contribution >= 4 is 23.2 Å². The molecule has 1 aliphatic heterocycles. The highest BCUT2D eigenvalue weighted by Gasteiger charge is 2.22. The van der Waals surface area contributed by atoms with Crippen LogP contribution in [0.5, 0.6) is 0 Å². The van der Waals surface area contributed by atoms with Gasteiger partial charge in [0.2, 0.25) is 11.8 Å². The van der Waals surface area contributed by atoms with Crippen LogP contribution in [0, 0.1) is 0 Å². The van der Waals surface area contributed by atoms with Crippen LogP contribution >= 0.6 is 0 Å². The first-order valence-corrected chi connectivity index (χ1v) is 7.98. The van der Waals surface area contributed by atoms with Gasteiger partial charge >= 0.3 is 0 Å². The summed E-state index contributed by atoms with van der Waals surface area (Å²) in [5, 5.41) is 2.83. The normalized spacial score (nSPS) is 14.7. The standard InChI is InChI=1S/C17H25N3O3/c1-13(2)18-17(22)12-20(14(3)21)16-7-5-4-6-15(16)19-8-10-23-11-9-19/h4-7,13H,8-12H2,1-3H3,(H,18,22). The van der Waals surface area contributed by atoms with Gasteiger partial charge in [0.15, 0.2) is 0 Å². The molecule has 1 saturated heterocycles. The molecule has 6 nitrogen and oxygen atoms in total. The predicted molar refractivity (Wildman–Crippen MR) is 90.8 cm³/mol. The number of ether oxygens (including phenoxy) is 1. The van der Waals surface area contributed by atoms with E-state index in [1.165, 1.54) is 11.8 Å². The van der Waals surface area contributed by atoms with Crippen molar-refractivity contribution in [3.63, 3.8) is 0 Å². The molecule has 126 valence electrons. The van der Waals surface area contributed by atoms with Gasteiger partial charge in [0.05, 0.1) is 24.6 Å². The van der Waals surface area contributed by atoms with Crippen molar-refractivity contribution in [2.45, 2.75) is 26.8 Å². The molecular formula is C17H25N3O3. The lowest BCUT2D eigenvalue weighted by Crippen LogP contribution is -2.43. The minimum absolute atomic E-state index is 0.0227. The van der Waals surface area contributed by atoms with Crippen molar-refractivity contribution in [1.29, 1.82) is 0 Å². The summed E-state index contributed by atoms with van der Waals surface area (Å²) in [6.45, 7) is 8.20. The molecule has 0 radical (unpaired) electrons. The highest BCUT2D eigenvalue weighted by atomic mass is 16.5. The topological polar surface area (TPSA) is 61.9 Å². The lowest BCUT2D eigenvalue weighted by molar-refractivity contribution is -0.123. The maximum absolute atomic E-state index is 12.1. The average molecular weight is 319 g/mol. The van der Waals surface area contributed by atoms with Crippen molar-refractivity contribution in [3.8, 4) is 0 Å². The fourth-order valence-corrected chi connectivity index (χ4v) is 2.64. The van der Waals surface area contributed by atoms with Gasteiger partial charge in [-0.2, -0.15) is 0 Å². The summed E-state index contributed by atoms with van der Waals surface area (Å²) in [4.78, 5) is 27.9. The third-order valence-electron chi connectivity index (χ3n) is 3.66. The number of nitrogens with one attached hydrogen (secondary N) is 1. The largest absolute Gasteiger partial charge is 0.378 e. The van der Waals surface area contributed by atoms with Crippen LogP contribution in [0.2, 0.25) is 0 Å². The van der Waals surface area contributed by atoms with Crippen molar-refractivity contribution in [2.75, 3.05) is 42.6 Å². The third kappa shape index (κ3) is 4.69. The summed E-state index contributed by atoms with van der Waals surface area (Å²) < 4.78 is 5.39. The second kappa shape index (κ2) is 7.97. The minimum Gasteiger partial charge on any atom is -0.378 e. The lowest BCUT2D eigenvalue weighted by Gasteiger charge is -2.33. The van der Waals surface area contributed by atoms with E-state index in [1.54, 1.807) is 0 Å². The Bertz CT molecular complexity index is 554. The summed E-state index contributed by atoms with van der Waals surface area (Å²) in [6, 6.07) is 7.74. The zero-order chi connectivity index (χ0) is 16.8. The molecule has 2 rings (SSSR count). The molecule has 0 atom stereocenters. The Kier molecular flexibility index (Phi) is 5.98. The van der Waals surface area contributed by atoms with E-state index in [9.17, 15) is 9.59 Å². The molecular weight excluding hydrogens is 294 g/mol. The number of amides is 2. The smallest absolute Gasteiger partial charge is 0.240 e. The zero-order valence-electron chi connectivity index (χ0n) is 14.0. The van der Waals surface area contributed by atoms with Crippen molar-refractivity contribution < 1.29 is 14.3 Å². The Morgan fingerprint density at radius 1 is 1.26 bits per heavy atom. The Balaban J connectivity index is 2.25. The molecule has 2 amide bonds. The number of benzene rings is 1. The molecule has 1 aromatic carbocycles. The molecule has 0 spiro atoms. The number of carbonyl (C=O) groups excluding carboxylic acids is 2. The van der Waals surface area contributed by atoms with Crippen LogP contribution in [0.3, 0.4) is 0 Å². The average Bonchev–Trinajstić information content (AvgIpc) is 2.52. The maximum Gasteiger partial charge on any atom is 0.240 e. The number of nitrogens with zero attached hydrogens (tertiary/aromatic N) is 2. The van der Waals surface area contributed by atoms with Crippen LogP contribution in [0.25, 0.3) is 0 Å².